The van der Waals surface area contributed by atoms with E-state index >= 15 is 0 Å². The van der Waals surface area contributed by atoms with Gasteiger partial charge in [-0.05, 0) is 62.1 Å². The molecule has 1 aliphatic rings. The van der Waals surface area contributed by atoms with E-state index in [1.54, 1.807) is 0 Å². The number of nitrogens with zero attached hydrogens (tertiary/aromatic N) is 1. The van der Waals surface area contributed by atoms with E-state index in [1.165, 1.54) is 6.07 Å². The number of amides is 1. The summed E-state index contributed by atoms with van der Waals surface area (Å²) < 4.78 is 66.8. The average molecular weight is 494 g/mol. The predicted octanol–water partition coefficient (Wildman–Crippen LogP) is 4.52. The Morgan fingerprint density at radius 2 is 1.79 bits per heavy atom. The molecule has 0 radical (unpaired) electrons. The summed E-state index contributed by atoms with van der Waals surface area (Å²) in [5, 5.41) is 4.01. The number of rotatable bonds is 5. The van der Waals surface area contributed by atoms with Crippen LogP contribution in [0.15, 0.2) is 47.4 Å². The van der Waals surface area contributed by atoms with Crippen LogP contribution in [-0.2, 0) is 27.5 Å². The van der Waals surface area contributed by atoms with E-state index in [9.17, 15) is 26.4 Å². The van der Waals surface area contributed by atoms with Gasteiger partial charge in [0.05, 0.1) is 10.5 Å². The number of aromatic amines is 1. The molecule has 3 aromatic rings. The molecule has 0 aliphatic carbocycles. The van der Waals surface area contributed by atoms with Gasteiger partial charge in [-0.3, -0.25) is 4.79 Å². The van der Waals surface area contributed by atoms with Crippen LogP contribution in [-0.4, -0.2) is 36.7 Å². The molecular formula is C24H26F3N3O3S. The van der Waals surface area contributed by atoms with Crippen molar-refractivity contribution in [3.8, 4) is 0 Å². The number of hydrogen-bond acceptors (Lipinski definition) is 3. The molecule has 0 bridgehead atoms. The van der Waals surface area contributed by atoms with Crippen molar-refractivity contribution in [1.29, 1.82) is 0 Å². The van der Waals surface area contributed by atoms with E-state index in [0.29, 0.717) is 6.54 Å². The molecule has 1 aromatic heterocycles. The van der Waals surface area contributed by atoms with Crippen molar-refractivity contribution >= 4 is 26.8 Å². The lowest BCUT2D eigenvalue weighted by molar-refractivity contribution is -0.139. The first-order valence-electron chi connectivity index (χ1n) is 11.0. The molecule has 1 fully saturated rings. The van der Waals surface area contributed by atoms with Crippen LogP contribution in [0.2, 0.25) is 0 Å². The molecule has 0 saturated carbocycles. The van der Waals surface area contributed by atoms with Gasteiger partial charge in [0.1, 0.15) is 0 Å². The quantitative estimate of drug-likeness (QED) is 0.548. The number of alkyl halides is 3. The SMILES string of the molecule is Cc1[nH]c2ccc(CNC(=O)C3CCN(S(=O)(=O)c4ccccc4C(F)(F)F)CC3)cc2c1C. The zero-order valence-electron chi connectivity index (χ0n) is 18.9. The summed E-state index contributed by atoms with van der Waals surface area (Å²) in [6, 6.07) is 10.1. The van der Waals surface area contributed by atoms with Crippen molar-refractivity contribution in [3.05, 3.63) is 64.8 Å². The van der Waals surface area contributed by atoms with E-state index in [2.05, 4.69) is 10.3 Å². The van der Waals surface area contributed by atoms with Crippen LogP contribution in [0.1, 0.15) is 35.2 Å². The molecule has 0 unspecified atom stereocenters. The van der Waals surface area contributed by atoms with Gasteiger partial charge in [0, 0.05) is 42.1 Å². The number of hydrogen-bond donors (Lipinski definition) is 2. The van der Waals surface area contributed by atoms with Crippen LogP contribution in [0.3, 0.4) is 0 Å². The van der Waals surface area contributed by atoms with Gasteiger partial charge >= 0.3 is 6.18 Å². The van der Waals surface area contributed by atoms with Crippen LogP contribution < -0.4 is 5.32 Å². The number of halogens is 3. The van der Waals surface area contributed by atoms with Crippen LogP contribution in [0.5, 0.6) is 0 Å². The average Bonchev–Trinajstić information content (AvgIpc) is 3.10. The normalized spacial score (nSPS) is 16.1. The number of benzene rings is 2. The third-order valence-corrected chi connectivity index (χ3v) is 8.43. The molecule has 0 spiro atoms. The number of aromatic nitrogens is 1. The molecule has 6 nitrogen and oxygen atoms in total. The Morgan fingerprint density at radius 3 is 2.47 bits per heavy atom. The monoisotopic (exact) mass is 493 g/mol. The van der Waals surface area contributed by atoms with Crippen molar-refractivity contribution < 1.29 is 26.4 Å². The number of nitrogens with one attached hydrogen (secondary N) is 2. The third-order valence-electron chi connectivity index (χ3n) is 6.47. The summed E-state index contributed by atoms with van der Waals surface area (Å²) in [4.78, 5) is 15.2. The van der Waals surface area contributed by atoms with Gasteiger partial charge in [0.2, 0.25) is 15.9 Å². The smallest absolute Gasteiger partial charge is 0.358 e. The minimum Gasteiger partial charge on any atom is -0.358 e. The lowest BCUT2D eigenvalue weighted by Gasteiger charge is -2.31. The Morgan fingerprint density at radius 1 is 1.12 bits per heavy atom. The number of aryl methyl sites for hydroxylation is 2. The fourth-order valence-electron chi connectivity index (χ4n) is 4.38. The highest BCUT2D eigenvalue weighted by Crippen LogP contribution is 2.36. The van der Waals surface area contributed by atoms with Crippen molar-refractivity contribution in [2.75, 3.05) is 13.1 Å². The molecule has 1 aliphatic heterocycles. The van der Waals surface area contributed by atoms with Gasteiger partial charge in [-0.25, -0.2) is 8.42 Å². The maximum Gasteiger partial charge on any atom is 0.417 e. The van der Waals surface area contributed by atoms with Crippen LogP contribution in [0.25, 0.3) is 10.9 Å². The van der Waals surface area contributed by atoms with Gasteiger partial charge in [0.15, 0.2) is 0 Å². The topological polar surface area (TPSA) is 82.3 Å². The fourth-order valence-corrected chi connectivity index (χ4v) is 6.06. The van der Waals surface area contributed by atoms with E-state index in [4.69, 9.17) is 0 Å². The minimum absolute atomic E-state index is 0.0135. The fraction of sp³-hybridized carbons (Fsp3) is 0.375. The van der Waals surface area contributed by atoms with Gasteiger partial charge in [0.25, 0.3) is 0 Å². The molecule has 1 amide bonds. The number of carbonyl (C=O) groups excluding carboxylic acids is 1. The van der Waals surface area contributed by atoms with Gasteiger partial charge in [-0.1, -0.05) is 18.2 Å². The highest BCUT2D eigenvalue weighted by molar-refractivity contribution is 7.89. The molecule has 4 rings (SSSR count). The molecule has 0 atom stereocenters. The van der Waals surface area contributed by atoms with Crippen LogP contribution in [0, 0.1) is 19.8 Å². The molecule has 182 valence electrons. The Balaban J connectivity index is 1.38. The van der Waals surface area contributed by atoms with Crippen LogP contribution in [0.4, 0.5) is 13.2 Å². The summed E-state index contributed by atoms with van der Waals surface area (Å²) in [5.41, 5.74) is 3.05. The number of sulfonamides is 1. The van der Waals surface area contributed by atoms with Crippen LogP contribution >= 0.6 is 0 Å². The van der Waals surface area contributed by atoms with Gasteiger partial charge < -0.3 is 10.3 Å². The van der Waals surface area contributed by atoms with Crippen molar-refractivity contribution in [3.63, 3.8) is 0 Å². The predicted molar refractivity (Wildman–Crippen MR) is 123 cm³/mol. The Hall–Kier alpha value is -2.85. The summed E-state index contributed by atoms with van der Waals surface area (Å²) >= 11 is 0. The zero-order chi connectivity index (χ0) is 24.7. The molecule has 2 heterocycles. The van der Waals surface area contributed by atoms with E-state index in [-0.39, 0.29) is 31.8 Å². The highest BCUT2D eigenvalue weighted by Gasteiger charge is 2.40. The molecular weight excluding hydrogens is 467 g/mol. The Labute approximate surface area is 196 Å². The Kier molecular flexibility index (Phi) is 6.48. The second kappa shape index (κ2) is 9.07. The maximum absolute atomic E-state index is 13.3. The summed E-state index contributed by atoms with van der Waals surface area (Å²) in [7, 11) is -4.32. The lowest BCUT2D eigenvalue weighted by atomic mass is 9.97. The summed E-state index contributed by atoms with van der Waals surface area (Å²) in [5.74, 6) is -0.584. The zero-order valence-corrected chi connectivity index (χ0v) is 19.7. The largest absolute Gasteiger partial charge is 0.417 e. The lowest BCUT2D eigenvalue weighted by Crippen LogP contribution is -2.43. The van der Waals surface area contributed by atoms with Crippen molar-refractivity contribution in [2.45, 2.75) is 44.3 Å². The summed E-state index contributed by atoms with van der Waals surface area (Å²) in [6.07, 6.45) is -4.29. The van der Waals surface area contributed by atoms with Crippen molar-refractivity contribution in [1.82, 2.24) is 14.6 Å². The van der Waals surface area contributed by atoms with Gasteiger partial charge in [-0.15, -0.1) is 0 Å². The maximum atomic E-state index is 13.3. The second-order valence-corrected chi connectivity index (χ2v) is 10.6. The van der Waals surface area contributed by atoms with E-state index in [0.717, 1.165) is 50.2 Å². The minimum atomic E-state index is -4.78. The molecule has 2 aromatic carbocycles. The Bertz CT molecular complexity index is 1320. The van der Waals surface area contributed by atoms with E-state index in [1.807, 2.05) is 32.0 Å². The molecule has 34 heavy (non-hydrogen) atoms. The molecule has 1 saturated heterocycles. The van der Waals surface area contributed by atoms with Gasteiger partial charge in [-0.2, -0.15) is 17.5 Å². The third kappa shape index (κ3) is 4.69. The number of carbonyl (C=O) groups is 1. The molecule has 2 N–H and O–H groups in total. The van der Waals surface area contributed by atoms with E-state index < -0.39 is 32.6 Å². The number of H-pyrrole nitrogens is 1. The first-order chi connectivity index (χ1) is 16.0. The number of piperidine rings is 1. The second-order valence-electron chi connectivity index (χ2n) is 8.65. The summed E-state index contributed by atoms with van der Waals surface area (Å²) in [6.45, 7) is 4.35. The molecule has 10 heteroatoms. The number of fused-ring (bicyclic) bond motifs is 1. The highest BCUT2D eigenvalue weighted by atomic mass is 32.2. The first-order valence-corrected chi connectivity index (χ1v) is 12.4. The standard InChI is InChI=1S/C24H26F3N3O3S/c1-15-16(2)29-21-8-7-17(13-19(15)21)14-28-23(31)18-9-11-30(12-10-18)34(32,33)22-6-4-3-5-20(22)24(25,26)27/h3-8,13,18,29H,9-12,14H2,1-2H3,(H,28,31). The first kappa shape index (κ1) is 24.3. The van der Waals surface area contributed by atoms with Crippen molar-refractivity contribution in [2.24, 2.45) is 5.92 Å².